The van der Waals surface area contributed by atoms with Gasteiger partial charge in [-0.05, 0) is 44.4 Å². The van der Waals surface area contributed by atoms with Gasteiger partial charge in [-0.25, -0.2) is 0 Å². The van der Waals surface area contributed by atoms with Gasteiger partial charge in [-0.3, -0.25) is 4.79 Å². The molecule has 2 atom stereocenters. The first kappa shape index (κ1) is 11.7. The SMILES string of the molecule is Cc1ccc(C(=O)N2C[C@@H]3CCN[C@@H]3C2)c(C)c1. The van der Waals surface area contributed by atoms with Gasteiger partial charge >= 0.3 is 0 Å². The van der Waals surface area contributed by atoms with Gasteiger partial charge in [-0.1, -0.05) is 17.7 Å². The zero-order valence-electron chi connectivity index (χ0n) is 11.1. The van der Waals surface area contributed by atoms with Crippen molar-refractivity contribution in [3.05, 3.63) is 34.9 Å². The first-order chi connectivity index (χ1) is 8.65. The zero-order chi connectivity index (χ0) is 12.7. The fourth-order valence-corrected chi connectivity index (χ4v) is 3.24. The number of hydrogen-bond acceptors (Lipinski definition) is 2. The van der Waals surface area contributed by atoms with E-state index in [2.05, 4.69) is 18.3 Å². The molecule has 1 amide bonds. The highest BCUT2D eigenvalue weighted by Gasteiger charge is 2.38. The van der Waals surface area contributed by atoms with E-state index in [1.807, 2.05) is 24.0 Å². The molecule has 1 aromatic carbocycles. The van der Waals surface area contributed by atoms with Crippen molar-refractivity contribution in [3.63, 3.8) is 0 Å². The number of aryl methyl sites for hydroxylation is 2. The third-order valence-electron chi connectivity index (χ3n) is 4.26. The molecule has 3 nitrogen and oxygen atoms in total. The molecule has 0 aliphatic carbocycles. The first-order valence-corrected chi connectivity index (χ1v) is 6.75. The lowest BCUT2D eigenvalue weighted by Gasteiger charge is -2.18. The highest BCUT2D eigenvalue weighted by molar-refractivity contribution is 5.96. The number of hydrogen-bond donors (Lipinski definition) is 1. The summed E-state index contributed by atoms with van der Waals surface area (Å²) in [5.41, 5.74) is 3.16. The van der Waals surface area contributed by atoms with E-state index in [1.165, 1.54) is 12.0 Å². The lowest BCUT2D eigenvalue weighted by Crippen LogP contribution is -2.34. The number of likely N-dealkylation sites (tertiary alicyclic amines) is 1. The third kappa shape index (κ3) is 1.93. The Labute approximate surface area is 108 Å². The minimum absolute atomic E-state index is 0.198. The van der Waals surface area contributed by atoms with Crippen LogP contribution in [0.4, 0.5) is 0 Å². The van der Waals surface area contributed by atoms with Crippen molar-refractivity contribution < 1.29 is 4.79 Å². The smallest absolute Gasteiger partial charge is 0.254 e. The predicted molar refractivity (Wildman–Crippen MR) is 71.7 cm³/mol. The van der Waals surface area contributed by atoms with E-state index in [1.54, 1.807) is 0 Å². The average Bonchev–Trinajstić information content (AvgIpc) is 2.87. The van der Waals surface area contributed by atoms with Gasteiger partial charge in [-0.15, -0.1) is 0 Å². The van der Waals surface area contributed by atoms with Crippen LogP contribution in [0.3, 0.4) is 0 Å². The standard InChI is InChI=1S/C15H20N2O/c1-10-3-4-13(11(2)7-10)15(18)17-8-12-5-6-16-14(12)9-17/h3-4,7,12,14,16H,5-6,8-9H2,1-2H3/t12-,14+/m0/s1. The number of carbonyl (C=O) groups excluding carboxylic acids is 1. The minimum Gasteiger partial charge on any atom is -0.337 e. The summed E-state index contributed by atoms with van der Waals surface area (Å²) in [5, 5.41) is 3.48. The van der Waals surface area contributed by atoms with Crippen LogP contribution >= 0.6 is 0 Å². The maximum Gasteiger partial charge on any atom is 0.254 e. The number of nitrogens with zero attached hydrogens (tertiary/aromatic N) is 1. The summed E-state index contributed by atoms with van der Waals surface area (Å²) >= 11 is 0. The summed E-state index contributed by atoms with van der Waals surface area (Å²) in [7, 11) is 0. The number of carbonyl (C=O) groups is 1. The van der Waals surface area contributed by atoms with Gasteiger partial charge in [0.2, 0.25) is 0 Å². The van der Waals surface area contributed by atoms with Gasteiger partial charge in [0.25, 0.3) is 5.91 Å². The van der Waals surface area contributed by atoms with Crippen LogP contribution in [0, 0.1) is 19.8 Å². The highest BCUT2D eigenvalue weighted by Crippen LogP contribution is 2.26. The second-order valence-corrected chi connectivity index (χ2v) is 5.64. The molecule has 0 unspecified atom stereocenters. The van der Waals surface area contributed by atoms with Gasteiger partial charge in [-0.2, -0.15) is 0 Å². The molecule has 0 bridgehead atoms. The molecule has 1 N–H and O–H groups in total. The summed E-state index contributed by atoms with van der Waals surface area (Å²) < 4.78 is 0. The molecule has 1 aromatic rings. The third-order valence-corrected chi connectivity index (χ3v) is 4.26. The summed E-state index contributed by atoms with van der Waals surface area (Å²) in [4.78, 5) is 14.5. The Morgan fingerprint density at radius 2 is 2.17 bits per heavy atom. The van der Waals surface area contributed by atoms with Crippen LogP contribution in [0.15, 0.2) is 18.2 Å². The fourth-order valence-electron chi connectivity index (χ4n) is 3.24. The van der Waals surface area contributed by atoms with Crippen molar-refractivity contribution in [1.29, 1.82) is 0 Å². The average molecular weight is 244 g/mol. The van der Waals surface area contributed by atoms with Crippen molar-refractivity contribution >= 4 is 5.91 Å². The molecule has 2 saturated heterocycles. The molecular formula is C15H20N2O. The Hall–Kier alpha value is -1.35. The number of fused-ring (bicyclic) bond motifs is 1. The van der Waals surface area contributed by atoms with Crippen LogP contribution in [0.2, 0.25) is 0 Å². The van der Waals surface area contributed by atoms with Crippen molar-refractivity contribution in [2.24, 2.45) is 5.92 Å². The van der Waals surface area contributed by atoms with E-state index in [4.69, 9.17) is 0 Å². The Kier molecular flexibility index (Phi) is 2.86. The summed E-state index contributed by atoms with van der Waals surface area (Å²) in [5.74, 6) is 0.864. The summed E-state index contributed by atoms with van der Waals surface area (Å²) in [6.45, 7) is 6.99. The van der Waals surface area contributed by atoms with E-state index < -0.39 is 0 Å². The second kappa shape index (κ2) is 4.39. The molecule has 0 spiro atoms. The van der Waals surface area contributed by atoms with Crippen molar-refractivity contribution in [3.8, 4) is 0 Å². The topological polar surface area (TPSA) is 32.3 Å². The monoisotopic (exact) mass is 244 g/mol. The maximum absolute atomic E-state index is 12.5. The molecule has 18 heavy (non-hydrogen) atoms. The van der Waals surface area contributed by atoms with Crippen LogP contribution in [-0.4, -0.2) is 36.5 Å². The van der Waals surface area contributed by atoms with Crippen molar-refractivity contribution in [2.75, 3.05) is 19.6 Å². The van der Waals surface area contributed by atoms with E-state index >= 15 is 0 Å². The summed E-state index contributed by atoms with van der Waals surface area (Å²) in [6, 6.07) is 6.60. The second-order valence-electron chi connectivity index (χ2n) is 5.64. The van der Waals surface area contributed by atoms with Crippen LogP contribution < -0.4 is 5.32 Å². The van der Waals surface area contributed by atoms with Gasteiger partial charge in [0, 0.05) is 24.7 Å². The van der Waals surface area contributed by atoms with Crippen molar-refractivity contribution in [2.45, 2.75) is 26.3 Å². The largest absolute Gasteiger partial charge is 0.337 e. The number of benzene rings is 1. The molecule has 96 valence electrons. The normalized spacial score (nSPS) is 26.4. The summed E-state index contributed by atoms with van der Waals surface area (Å²) in [6.07, 6.45) is 1.21. The molecule has 3 rings (SSSR count). The first-order valence-electron chi connectivity index (χ1n) is 6.75. The number of amides is 1. The maximum atomic E-state index is 12.5. The molecule has 0 radical (unpaired) electrons. The Morgan fingerprint density at radius 1 is 1.33 bits per heavy atom. The molecular weight excluding hydrogens is 224 g/mol. The van der Waals surface area contributed by atoms with Crippen LogP contribution in [0.25, 0.3) is 0 Å². The van der Waals surface area contributed by atoms with E-state index in [-0.39, 0.29) is 5.91 Å². The predicted octanol–water partition coefficient (Wildman–Crippen LogP) is 1.74. The highest BCUT2D eigenvalue weighted by atomic mass is 16.2. The van der Waals surface area contributed by atoms with Gasteiger partial charge in [0.15, 0.2) is 0 Å². The van der Waals surface area contributed by atoms with Crippen LogP contribution in [-0.2, 0) is 0 Å². The fraction of sp³-hybridized carbons (Fsp3) is 0.533. The van der Waals surface area contributed by atoms with E-state index in [0.717, 1.165) is 30.8 Å². The quantitative estimate of drug-likeness (QED) is 0.816. The van der Waals surface area contributed by atoms with E-state index in [0.29, 0.717) is 12.0 Å². The Bertz CT molecular complexity index is 471. The Morgan fingerprint density at radius 3 is 2.89 bits per heavy atom. The van der Waals surface area contributed by atoms with E-state index in [9.17, 15) is 4.79 Å². The molecule has 2 aliphatic heterocycles. The molecule has 2 fully saturated rings. The van der Waals surface area contributed by atoms with Crippen molar-refractivity contribution in [1.82, 2.24) is 10.2 Å². The number of rotatable bonds is 1. The van der Waals surface area contributed by atoms with Gasteiger partial charge in [0.05, 0.1) is 0 Å². The molecule has 2 heterocycles. The Balaban J connectivity index is 1.79. The molecule has 0 saturated carbocycles. The molecule has 0 aromatic heterocycles. The molecule has 3 heteroatoms. The minimum atomic E-state index is 0.198. The zero-order valence-corrected chi connectivity index (χ0v) is 11.1. The van der Waals surface area contributed by atoms with Crippen LogP contribution in [0.5, 0.6) is 0 Å². The van der Waals surface area contributed by atoms with Crippen LogP contribution in [0.1, 0.15) is 27.9 Å². The van der Waals surface area contributed by atoms with Gasteiger partial charge in [0.1, 0.15) is 0 Å². The number of nitrogens with one attached hydrogen (secondary N) is 1. The molecule has 2 aliphatic rings. The lowest BCUT2D eigenvalue weighted by molar-refractivity contribution is 0.0782. The lowest BCUT2D eigenvalue weighted by atomic mass is 10.0. The van der Waals surface area contributed by atoms with Gasteiger partial charge < -0.3 is 10.2 Å².